The molecule has 0 aliphatic rings. The third-order valence-corrected chi connectivity index (χ3v) is 3.97. The van der Waals surface area contributed by atoms with Gasteiger partial charge in [0, 0.05) is 18.0 Å². The lowest BCUT2D eigenvalue weighted by Crippen LogP contribution is -2.20. The molecule has 0 aromatic carbocycles. The smallest absolute Gasteiger partial charge is 0.275 e. The van der Waals surface area contributed by atoms with Crippen molar-refractivity contribution in [2.75, 3.05) is 6.26 Å². The molecule has 0 aliphatic carbocycles. The highest BCUT2D eigenvalue weighted by Crippen LogP contribution is 2.16. The third-order valence-electron chi connectivity index (χ3n) is 3.16. The molecule has 0 amide bonds. The summed E-state index contributed by atoms with van der Waals surface area (Å²) in [6, 6.07) is 2.78. The van der Waals surface area contributed by atoms with Crippen molar-refractivity contribution in [2.24, 2.45) is 0 Å². The fourth-order valence-corrected chi connectivity index (χ4v) is 2.53. The Balaban J connectivity index is 2.15. The molecular weight excluding hydrogens is 329 g/mol. The Morgan fingerprint density at radius 1 is 1.41 bits per heavy atom. The molecule has 114 valence electrons. The molecule has 9 heteroatoms. The lowest BCUT2D eigenvalue weighted by atomic mass is 10.2. The topological polar surface area (TPSA) is 65.1 Å². The van der Waals surface area contributed by atoms with E-state index in [0.717, 1.165) is 0 Å². The lowest BCUT2D eigenvalue weighted by Gasteiger charge is -2.11. The van der Waals surface area contributed by atoms with E-state index in [1.54, 1.807) is 11.5 Å². The molecular formula is C13H11ClFN5OS. The maximum Gasteiger partial charge on any atom is 0.275 e. The van der Waals surface area contributed by atoms with Crippen LogP contribution in [0.5, 0.6) is 0 Å². The molecule has 0 N–H and O–H groups in total. The number of pyridine rings is 1. The Morgan fingerprint density at radius 3 is 2.86 bits per heavy atom. The van der Waals surface area contributed by atoms with E-state index in [1.807, 2.05) is 6.26 Å². The Morgan fingerprint density at radius 2 is 2.18 bits per heavy atom. The molecule has 0 spiro atoms. The predicted molar refractivity (Wildman–Crippen MR) is 82.1 cm³/mol. The molecule has 3 aromatic heterocycles. The Kier molecular flexibility index (Phi) is 3.88. The van der Waals surface area contributed by atoms with Crippen molar-refractivity contribution in [1.29, 1.82) is 0 Å². The molecule has 0 saturated carbocycles. The van der Waals surface area contributed by atoms with E-state index in [9.17, 15) is 9.18 Å². The van der Waals surface area contributed by atoms with Crippen molar-refractivity contribution < 1.29 is 4.39 Å². The summed E-state index contributed by atoms with van der Waals surface area (Å²) in [5.41, 5.74) is 1.06. The normalized spacial score (nSPS) is 11.3. The maximum atomic E-state index is 13.5. The van der Waals surface area contributed by atoms with Crippen LogP contribution in [-0.2, 0) is 6.54 Å². The fraction of sp³-hybridized carbons (Fsp3) is 0.231. The van der Waals surface area contributed by atoms with Gasteiger partial charge in [0.2, 0.25) is 10.9 Å². The van der Waals surface area contributed by atoms with E-state index in [4.69, 9.17) is 11.6 Å². The number of aromatic nitrogens is 5. The van der Waals surface area contributed by atoms with Gasteiger partial charge in [-0.05, 0) is 24.8 Å². The minimum atomic E-state index is -0.583. The van der Waals surface area contributed by atoms with Crippen LogP contribution in [0.3, 0.4) is 0 Å². The fourth-order valence-electron chi connectivity index (χ4n) is 2.10. The molecule has 0 unspecified atom stereocenters. The van der Waals surface area contributed by atoms with Crippen LogP contribution in [0.25, 0.3) is 5.78 Å². The number of halogens is 2. The lowest BCUT2D eigenvalue weighted by molar-refractivity contribution is 0.615. The molecule has 22 heavy (non-hydrogen) atoms. The Labute approximate surface area is 134 Å². The van der Waals surface area contributed by atoms with Crippen molar-refractivity contribution in [3.05, 3.63) is 50.9 Å². The van der Waals surface area contributed by atoms with Gasteiger partial charge >= 0.3 is 0 Å². The van der Waals surface area contributed by atoms with E-state index in [0.29, 0.717) is 28.7 Å². The molecule has 6 nitrogen and oxygen atoms in total. The van der Waals surface area contributed by atoms with Gasteiger partial charge < -0.3 is 4.57 Å². The van der Waals surface area contributed by atoms with E-state index in [1.165, 1.54) is 34.6 Å². The molecule has 3 heterocycles. The van der Waals surface area contributed by atoms with Crippen LogP contribution in [-0.4, -0.2) is 30.4 Å². The van der Waals surface area contributed by atoms with Gasteiger partial charge in [0.05, 0.1) is 6.54 Å². The first-order valence-corrected chi connectivity index (χ1v) is 7.91. The van der Waals surface area contributed by atoms with Crippen LogP contribution in [0.1, 0.15) is 11.3 Å². The number of hydrogen-bond donors (Lipinski definition) is 0. The van der Waals surface area contributed by atoms with Crippen molar-refractivity contribution in [3.63, 3.8) is 0 Å². The summed E-state index contributed by atoms with van der Waals surface area (Å²) >= 11 is 6.93. The Hall–Kier alpha value is -1.93. The van der Waals surface area contributed by atoms with Gasteiger partial charge in [-0.15, -0.1) is 5.10 Å². The monoisotopic (exact) mass is 339 g/mol. The summed E-state index contributed by atoms with van der Waals surface area (Å²) < 4.78 is 16.5. The number of fused-ring (bicyclic) bond motifs is 1. The van der Waals surface area contributed by atoms with Gasteiger partial charge in [0.15, 0.2) is 11.0 Å². The molecule has 3 aromatic rings. The molecule has 0 radical (unpaired) electrons. The van der Waals surface area contributed by atoms with Gasteiger partial charge in [0.25, 0.3) is 5.56 Å². The van der Waals surface area contributed by atoms with Gasteiger partial charge in [-0.25, -0.2) is 9.37 Å². The van der Waals surface area contributed by atoms with E-state index in [2.05, 4.69) is 15.1 Å². The van der Waals surface area contributed by atoms with Crippen molar-refractivity contribution in [1.82, 2.24) is 24.1 Å². The Bertz CT molecular complexity index is 923. The minimum absolute atomic E-state index is 0.169. The SMILES string of the molecule is CSc1nc2n(Cc3cnc(Cl)c(F)c3)c(C)cc(=O)n2n1. The zero-order valence-corrected chi connectivity index (χ0v) is 13.3. The molecule has 0 aliphatic heterocycles. The van der Waals surface area contributed by atoms with Crippen LogP contribution in [0, 0.1) is 12.7 Å². The van der Waals surface area contributed by atoms with Crippen LogP contribution in [0.4, 0.5) is 4.39 Å². The van der Waals surface area contributed by atoms with Crippen molar-refractivity contribution in [3.8, 4) is 0 Å². The first-order valence-electron chi connectivity index (χ1n) is 6.30. The molecule has 0 atom stereocenters. The number of thioether (sulfide) groups is 1. The zero-order chi connectivity index (χ0) is 15.9. The van der Waals surface area contributed by atoms with E-state index < -0.39 is 5.82 Å². The van der Waals surface area contributed by atoms with E-state index in [-0.39, 0.29) is 10.7 Å². The van der Waals surface area contributed by atoms with Gasteiger partial charge in [-0.1, -0.05) is 23.4 Å². The number of hydrogen-bond acceptors (Lipinski definition) is 5. The zero-order valence-electron chi connectivity index (χ0n) is 11.7. The summed E-state index contributed by atoms with van der Waals surface area (Å²) in [6.07, 6.45) is 3.32. The number of rotatable bonds is 3. The summed E-state index contributed by atoms with van der Waals surface area (Å²) in [5, 5.41) is 4.46. The van der Waals surface area contributed by atoms with Crippen molar-refractivity contribution in [2.45, 2.75) is 18.6 Å². The minimum Gasteiger partial charge on any atom is -0.310 e. The maximum absolute atomic E-state index is 13.5. The van der Waals surface area contributed by atoms with E-state index >= 15 is 0 Å². The average Bonchev–Trinajstić information content (AvgIpc) is 2.92. The van der Waals surface area contributed by atoms with Crippen LogP contribution in [0.2, 0.25) is 5.15 Å². The molecule has 3 rings (SSSR count). The summed E-state index contributed by atoms with van der Waals surface area (Å²) in [7, 11) is 0. The largest absolute Gasteiger partial charge is 0.310 e. The summed E-state index contributed by atoms with van der Waals surface area (Å²) in [4.78, 5) is 20.1. The highest BCUT2D eigenvalue weighted by Gasteiger charge is 2.13. The van der Waals surface area contributed by atoms with Crippen LogP contribution >= 0.6 is 23.4 Å². The standard InChI is InChI=1S/C13H11ClFN5OS/c1-7-3-10(21)20-13(17-12(18-20)22-2)19(7)6-8-4-9(15)11(14)16-5-8/h3-5H,6H2,1-2H3. The van der Waals surface area contributed by atoms with Gasteiger partial charge in [-0.3, -0.25) is 4.79 Å². The third kappa shape index (κ3) is 2.59. The first-order chi connectivity index (χ1) is 10.5. The van der Waals surface area contributed by atoms with Gasteiger partial charge in [0.1, 0.15) is 0 Å². The molecule has 0 bridgehead atoms. The van der Waals surface area contributed by atoms with Crippen LogP contribution in [0.15, 0.2) is 28.3 Å². The molecule has 0 fully saturated rings. The molecule has 0 saturated heterocycles. The first kappa shape index (κ1) is 15.0. The predicted octanol–water partition coefficient (Wildman–Crippen LogP) is 2.16. The second-order valence-corrected chi connectivity index (χ2v) is 5.77. The summed E-state index contributed by atoms with van der Waals surface area (Å²) in [6.45, 7) is 2.10. The second kappa shape index (κ2) is 5.69. The second-order valence-electron chi connectivity index (χ2n) is 4.64. The van der Waals surface area contributed by atoms with Crippen molar-refractivity contribution >= 4 is 29.1 Å². The average molecular weight is 340 g/mol. The number of nitrogens with zero attached hydrogens (tertiary/aromatic N) is 5. The van der Waals surface area contributed by atoms with Crippen LogP contribution < -0.4 is 5.56 Å². The quantitative estimate of drug-likeness (QED) is 0.540. The van der Waals surface area contributed by atoms with Gasteiger partial charge in [-0.2, -0.15) is 9.50 Å². The highest BCUT2D eigenvalue weighted by molar-refractivity contribution is 7.98. The highest BCUT2D eigenvalue weighted by atomic mass is 35.5. The summed E-state index contributed by atoms with van der Waals surface area (Å²) in [5.74, 6) is -0.176. The number of aryl methyl sites for hydroxylation is 1.